The van der Waals surface area contributed by atoms with Gasteiger partial charge in [-0.05, 0) is 72.4 Å². The monoisotopic (exact) mass is 410 g/mol. The summed E-state index contributed by atoms with van der Waals surface area (Å²) in [6.45, 7) is 2.05. The molecular weight excluding hydrogens is 384 g/mol. The average Bonchev–Trinajstić information content (AvgIpc) is 2.83. The van der Waals surface area contributed by atoms with Crippen molar-refractivity contribution in [2.75, 3.05) is 13.1 Å². The first-order valence-electron chi connectivity index (χ1n) is 10.6. The van der Waals surface area contributed by atoms with Crippen LogP contribution in [0.1, 0.15) is 51.4 Å². The molecule has 0 saturated carbocycles. The van der Waals surface area contributed by atoms with Gasteiger partial charge in [0.25, 0.3) is 5.91 Å². The van der Waals surface area contributed by atoms with Crippen molar-refractivity contribution in [2.24, 2.45) is 5.73 Å². The van der Waals surface area contributed by atoms with Crippen molar-refractivity contribution in [1.29, 1.82) is 0 Å². The number of piperidine rings is 1. The summed E-state index contributed by atoms with van der Waals surface area (Å²) in [6, 6.07) is 22.7. The number of carbonyl (C=O) groups is 1. The zero-order valence-corrected chi connectivity index (χ0v) is 17.4. The van der Waals surface area contributed by atoms with Gasteiger partial charge in [0.1, 0.15) is 5.75 Å². The summed E-state index contributed by atoms with van der Waals surface area (Å²) in [6.07, 6.45) is 1.92. The summed E-state index contributed by atoms with van der Waals surface area (Å²) in [7, 11) is 0. The van der Waals surface area contributed by atoms with Gasteiger partial charge >= 0.3 is 0 Å². The SMILES string of the molecule is NCc1cccc(C2CCN(C(=O)c3cccc(C#Cc4ccc(O)cc4)c3)CC2)c1. The maximum Gasteiger partial charge on any atom is 0.253 e. The Hall–Kier alpha value is -3.55. The molecule has 0 radical (unpaired) electrons. The number of rotatable bonds is 3. The molecule has 1 saturated heterocycles. The van der Waals surface area contributed by atoms with Crippen molar-refractivity contribution in [3.63, 3.8) is 0 Å². The van der Waals surface area contributed by atoms with Crippen LogP contribution in [-0.4, -0.2) is 29.0 Å². The smallest absolute Gasteiger partial charge is 0.253 e. The fourth-order valence-corrected chi connectivity index (χ4v) is 3.99. The standard InChI is InChI=1S/C27H26N2O2/c28-19-22-4-2-5-24(18-22)23-13-15-29(16-14-23)27(31)25-6-1-3-21(17-25)8-7-20-9-11-26(30)12-10-20/h1-6,9-12,17-18,23,30H,13-16,19,28H2. The lowest BCUT2D eigenvalue weighted by Crippen LogP contribution is -2.37. The number of nitrogens with zero attached hydrogens (tertiary/aromatic N) is 1. The predicted molar refractivity (Wildman–Crippen MR) is 123 cm³/mol. The normalized spacial score (nSPS) is 14.0. The highest BCUT2D eigenvalue weighted by Crippen LogP contribution is 2.29. The van der Waals surface area contributed by atoms with Crippen LogP contribution in [0.5, 0.6) is 5.75 Å². The molecule has 0 unspecified atom stereocenters. The Morgan fingerprint density at radius 2 is 1.65 bits per heavy atom. The lowest BCUT2D eigenvalue weighted by molar-refractivity contribution is 0.0713. The molecule has 0 bridgehead atoms. The second kappa shape index (κ2) is 9.51. The molecule has 3 N–H and O–H groups in total. The minimum atomic E-state index is 0.0578. The number of phenolic OH excluding ortho intramolecular Hbond substituents is 1. The topological polar surface area (TPSA) is 66.6 Å². The van der Waals surface area contributed by atoms with Gasteiger partial charge in [-0.2, -0.15) is 0 Å². The van der Waals surface area contributed by atoms with Crippen LogP contribution >= 0.6 is 0 Å². The van der Waals surface area contributed by atoms with Gasteiger partial charge in [0, 0.05) is 36.3 Å². The summed E-state index contributed by atoms with van der Waals surface area (Å²) < 4.78 is 0. The number of amides is 1. The number of hydrogen-bond donors (Lipinski definition) is 2. The van der Waals surface area contributed by atoms with E-state index < -0.39 is 0 Å². The lowest BCUT2D eigenvalue weighted by atomic mass is 9.88. The van der Waals surface area contributed by atoms with E-state index in [-0.39, 0.29) is 11.7 Å². The molecule has 1 heterocycles. The van der Waals surface area contributed by atoms with Crippen molar-refractivity contribution >= 4 is 5.91 Å². The molecule has 0 aromatic heterocycles. The third-order valence-electron chi connectivity index (χ3n) is 5.77. The van der Waals surface area contributed by atoms with E-state index in [0.717, 1.165) is 42.6 Å². The number of likely N-dealkylation sites (tertiary alicyclic amines) is 1. The molecule has 3 aromatic rings. The summed E-state index contributed by atoms with van der Waals surface area (Å²) in [5.41, 5.74) is 10.5. The molecule has 1 aliphatic rings. The van der Waals surface area contributed by atoms with Gasteiger partial charge in [-0.25, -0.2) is 0 Å². The third kappa shape index (κ3) is 5.14. The number of hydrogen-bond acceptors (Lipinski definition) is 3. The Morgan fingerprint density at radius 1 is 0.935 bits per heavy atom. The Bertz CT molecular complexity index is 1120. The van der Waals surface area contributed by atoms with Gasteiger partial charge in [-0.1, -0.05) is 42.2 Å². The zero-order valence-electron chi connectivity index (χ0n) is 17.4. The van der Waals surface area contributed by atoms with E-state index in [1.807, 2.05) is 29.2 Å². The maximum atomic E-state index is 13.0. The second-order valence-electron chi connectivity index (χ2n) is 7.89. The van der Waals surface area contributed by atoms with Gasteiger partial charge in [0.15, 0.2) is 0 Å². The Labute approximate surface area is 183 Å². The molecule has 0 spiro atoms. The Kier molecular flexibility index (Phi) is 6.35. The van der Waals surface area contributed by atoms with E-state index in [1.54, 1.807) is 24.3 Å². The van der Waals surface area contributed by atoms with Crippen molar-refractivity contribution in [1.82, 2.24) is 4.90 Å². The molecular formula is C27H26N2O2. The first-order valence-corrected chi connectivity index (χ1v) is 10.6. The molecule has 0 aliphatic carbocycles. The summed E-state index contributed by atoms with van der Waals surface area (Å²) >= 11 is 0. The minimum Gasteiger partial charge on any atom is -0.508 e. The summed E-state index contributed by atoms with van der Waals surface area (Å²) in [5, 5.41) is 9.37. The Morgan fingerprint density at radius 3 is 2.39 bits per heavy atom. The number of nitrogens with two attached hydrogens (primary N) is 1. The van der Waals surface area contributed by atoms with Gasteiger partial charge in [-0.3, -0.25) is 4.79 Å². The molecule has 3 aromatic carbocycles. The predicted octanol–water partition coefficient (Wildman–Crippen LogP) is 4.27. The van der Waals surface area contributed by atoms with Crippen LogP contribution in [0.4, 0.5) is 0 Å². The van der Waals surface area contributed by atoms with E-state index in [0.29, 0.717) is 18.0 Å². The quantitative estimate of drug-likeness (QED) is 0.634. The fourth-order valence-electron chi connectivity index (χ4n) is 3.99. The van der Waals surface area contributed by atoms with Crippen LogP contribution in [-0.2, 0) is 6.54 Å². The second-order valence-corrected chi connectivity index (χ2v) is 7.89. The van der Waals surface area contributed by atoms with Crippen LogP contribution < -0.4 is 5.73 Å². The number of aromatic hydroxyl groups is 1. The maximum absolute atomic E-state index is 13.0. The van der Waals surface area contributed by atoms with Crippen molar-refractivity contribution in [3.05, 3.63) is 101 Å². The highest BCUT2D eigenvalue weighted by Gasteiger charge is 2.24. The molecule has 4 nitrogen and oxygen atoms in total. The zero-order chi connectivity index (χ0) is 21.6. The highest BCUT2D eigenvalue weighted by molar-refractivity contribution is 5.94. The van der Waals surface area contributed by atoms with E-state index in [1.165, 1.54) is 5.56 Å². The van der Waals surface area contributed by atoms with Crippen LogP contribution in [0.25, 0.3) is 0 Å². The van der Waals surface area contributed by atoms with Crippen molar-refractivity contribution in [2.45, 2.75) is 25.3 Å². The first-order chi connectivity index (χ1) is 15.1. The first kappa shape index (κ1) is 20.7. The molecule has 4 heteroatoms. The largest absolute Gasteiger partial charge is 0.508 e. The number of phenols is 1. The van der Waals surface area contributed by atoms with E-state index >= 15 is 0 Å². The van der Waals surface area contributed by atoms with E-state index in [4.69, 9.17) is 5.73 Å². The van der Waals surface area contributed by atoms with Gasteiger partial charge in [0.2, 0.25) is 0 Å². The fraction of sp³-hybridized carbons (Fsp3) is 0.222. The van der Waals surface area contributed by atoms with Gasteiger partial charge in [-0.15, -0.1) is 0 Å². The highest BCUT2D eigenvalue weighted by atomic mass is 16.3. The Balaban J connectivity index is 1.41. The van der Waals surface area contributed by atoms with Gasteiger partial charge < -0.3 is 15.7 Å². The number of carbonyl (C=O) groups excluding carboxylic acids is 1. The van der Waals surface area contributed by atoms with Crippen LogP contribution in [0.3, 0.4) is 0 Å². The van der Waals surface area contributed by atoms with E-state index in [2.05, 4.69) is 36.1 Å². The van der Waals surface area contributed by atoms with Crippen LogP contribution in [0.15, 0.2) is 72.8 Å². The molecule has 0 atom stereocenters. The average molecular weight is 411 g/mol. The lowest BCUT2D eigenvalue weighted by Gasteiger charge is -2.32. The molecule has 1 aliphatic heterocycles. The minimum absolute atomic E-state index is 0.0578. The van der Waals surface area contributed by atoms with Crippen LogP contribution in [0.2, 0.25) is 0 Å². The molecule has 156 valence electrons. The summed E-state index contributed by atoms with van der Waals surface area (Å²) in [4.78, 5) is 15.0. The van der Waals surface area contributed by atoms with Crippen molar-refractivity contribution in [3.8, 4) is 17.6 Å². The molecule has 1 amide bonds. The number of benzene rings is 3. The van der Waals surface area contributed by atoms with Crippen LogP contribution in [0, 0.1) is 11.8 Å². The molecule has 31 heavy (non-hydrogen) atoms. The van der Waals surface area contributed by atoms with Gasteiger partial charge in [0.05, 0.1) is 0 Å². The molecule has 1 fully saturated rings. The molecule has 4 rings (SSSR count). The summed E-state index contributed by atoms with van der Waals surface area (Å²) in [5.74, 6) is 6.92. The van der Waals surface area contributed by atoms with E-state index in [9.17, 15) is 9.90 Å². The third-order valence-corrected chi connectivity index (χ3v) is 5.77. The van der Waals surface area contributed by atoms with Crippen molar-refractivity contribution < 1.29 is 9.90 Å².